The topological polar surface area (TPSA) is 69.2 Å². The van der Waals surface area contributed by atoms with E-state index in [9.17, 15) is 4.79 Å². The number of hydrogen-bond acceptors (Lipinski definition) is 4. The van der Waals surface area contributed by atoms with Crippen LogP contribution in [-0.4, -0.2) is 76.1 Å². The lowest BCUT2D eigenvalue weighted by Crippen LogP contribution is -2.49. The number of aromatic nitrogens is 3. The quantitative estimate of drug-likeness (QED) is 0.158. The number of imidazole rings is 1. The SMILES string of the molecule is O=C(NCCN1CCN(CC2CCCCC2)CC1)c1[nH]c2cc(Cl)ccc2c1-c1c(-c2ccccc2)ncn1Cc1ccc(Cl)cc1. The lowest BCUT2D eigenvalue weighted by atomic mass is 9.89. The summed E-state index contributed by atoms with van der Waals surface area (Å²) in [4.78, 5) is 27.5. The third kappa shape index (κ3) is 7.44. The van der Waals surface area contributed by atoms with Crippen LogP contribution in [0.3, 0.4) is 0 Å². The molecule has 0 spiro atoms. The maximum absolute atomic E-state index is 14.0. The Morgan fingerprint density at radius 1 is 0.872 bits per heavy atom. The molecule has 1 amide bonds. The van der Waals surface area contributed by atoms with Crippen LogP contribution in [0.5, 0.6) is 0 Å². The minimum Gasteiger partial charge on any atom is -0.350 e. The Balaban J connectivity index is 1.13. The van der Waals surface area contributed by atoms with Gasteiger partial charge in [0.2, 0.25) is 0 Å². The number of aromatic amines is 1. The van der Waals surface area contributed by atoms with Gasteiger partial charge in [-0.05, 0) is 48.6 Å². The number of amides is 1. The summed E-state index contributed by atoms with van der Waals surface area (Å²) in [5.74, 6) is 0.737. The first-order chi connectivity index (χ1) is 23.0. The zero-order valence-corrected chi connectivity index (χ0v) is 28.2. The highest BCUT2D eigenvalue weighted by atomic mass is 35.5. The van der Waals surface area contributed by atoms with Crippen molar-refractivity contribution in [3.05, 3.63) is 100 Å². The van der Waals surface area contributed by atoms with Gasteiger partial charge in [0.15, 0.2) is 0 Å². The van der Waals surface area contributed by atoms with Crippen LogP contribution in [0.2, 0.25) is 10.0 Å². The molecule has 5 aromatic rings. The summed E-state index contributed by atoms with van der Waals surface area (Å²) >= 11 is 12.6. The Morgan fingerprint density at radius 3 is 2.36 bits per heavy atom. The zero-order valence-electron chi connectivity index (χ0n) is 26.7. The summed E-state index contributed by atoms with van der Waals surface area (Å²) in [6, 6.07) is 23.7. The first-order valence-electron chi connectivity index (χ1n) is 16.9. The standard InChI is InChI=1S/C38H42Cl2N6O/c39-30-13-11-28(12-14-30)25-46-26-42-35(29-9-5-2-6-10-29)37(46)34-32-16-15-31(40)23-33(32)43-36(34)38(47)41-17-18-44-19-21-45(22-20-44)24-27-7-3-1-4-8-27/h2,5-6,9-16,23,26-27,43H,1,3-4,7-8,17-22,24-25H2,(H,41,47). The lowest BCUT2D eigenvalue weighted by Gasteiger charge is -2.37. The highest BCUT2D eigenvalue weighted by Crippen LogP contribution is 2.39. The number of piperazine rings is 1. The highest BCUT2D eigenvalue weighted by Gasteiger charge is 2.27. The van der Waals surface area contributed by atoms with Crippen LogP contribution in [0.15, 0.2) is 79.1 Å². The number of carbonyl (C=O) groups is 1. The molecule has 244 valence electrons. The average molecular weight is 670 g/mol. The van der Waals surface area contributed by atoms with Crippen LogP contribution in [-0.2, 0) is 6.54 Å². The van der Waals surface area contributed by atoms with Crippen molar-refractivity contribution in [3.8, 4) is 22.5 Å². The molecule has 1 aliphatic carbocycles. The molecule has 2 fully saturated rings. The van der Waals surface area contributed by atoms with Crippen molar-refractivity contribution in [2.75, 3.05) is 45.8 Å². The number of H-pyrrole nitrogens is 1. The summed E-state index contributed by atoms with van der Waals surface area (Å²) < 4.78 is 2.12. The molecule has 7 rings (SSSR count). The van der Waals surface area contributed by atoms with Crippen LogP contribution in [0, 0.1) is 5.92 Å². The summed E-state index contributed by atoms with van der Waals surface area (Å²) in [5.41, 5.74) is 5.89. The molecule has 47 heavy (non-hydrogen) atoms. The minimum absolute atomic E-state index is 0.137. The van der Waals surface area contributed by atoms with Crippen LogP contribution >= 0.6 is 23.2 Å². The van der Waals surface area contributed by atoms with Crippen molar-refractivity contribution in [2.45, 2.75) is 38.6 Å². The van der Waals surface area contributed by atoms with Gasteiger partial charge in [0, 0.05) is 84.4 Å². The van der Waals surface area contributed by atoms with Gasteiger partial charge in [0.25, 0.3) is 5.91 Å². The first kappa shape index (κ1) is 32.0. The van der Waals surface area contributed by atoms with Gasteiger partial charge in [-0.3, -0.25) is 9.69 Å². The van der Waals surface area contributed by atoms with E-state index in [1.165, 1.54) is 38.6 Å². The largest absolute Gasteiger partial charge is 0.350 e. The molecule has 0 atom stereocenters. The van der Waals surface area contributed by atoms with Crippen molar-refractivity contribution >= 4 is 40.0 Å². The molecule has 3 heterocycles. The molecule has 1 aliphatic heterocycles. The van der Waals surface area contributed by atoms with E-state index in [-0.39, 0.29) is 5.91 Å². The number of fused-ring (bicyclic) bond motifs is 1. The number of halogens is 2. The monoisotopic (exact) mass is 668 g/mol. The van der Waals surface area contributed by atoms with E-state index in [1.807, 2.05) is 67.0 Å². The molecular formula is C38H42Cl2N6O. The number of nitrogens with zero attached hydrogens (tertiary/aromatic N) is 4. The Bertz CT molecular complexity index is 1800. The molecule has 0 unspecified atom stereocenters. The van der Waals surface area contributed by atoms with Crippen molar-refractivity contribution < 1.29 is 4.79 Å². The van der Waals surface area contributed by atoms with Gasteiger partial charge in [-0.1, -0.05) is 91.0 Å². The molecule has 0 radical (unpaired) electrons. The minimum atomic E-state index is -0.137. The Hall–Kier alpha value is -3.62. The highest BCUT2D eigenvalue weighted by molar-refractivity contribution is 6.31. The van der Waals surface area contributed by atoms with E-state index in [2.05, 4.69) is 36.8 Å². The van der Waals surface area contributed by atoms with Crippen molar-refractivity contribution in [3.63, 3.8) is 0 Å². The lowest BCUT2D eigenvalue weighted by molar-refractivity contribution is 0.0920. The van der Waals surface area contributed by atoms with Crippen molar-refractivity contribution in [2.24, 2.45) is 5.92 Å². The number of nitrogens with one attached hydrogen (secondary N) is 2. The maximum atomic E-state index is 14.0. The average Bonchev–Trinajstić information content (AvgIpc) is 3.68. The maximum Gasteiger partial charge on any atom is 0.268 e. The van der Waals surface area contributed by atoms with Gasteiger partial charge < -0.3 is 19.8 Å². The van der Waals surface area contributed by atoms with Crippen LogP contribution in [0.1, 0.15) is 48.2 Å². The van der Waals surface area contributed by atoms with Crippen molar-refractivity contribution in [1.82, 2.24) is 29.7 Å². The fraction of sp³-hybridized carbons (Fsp3) is 0.368. The fourth-order valence-electron chi connectivity index (χ4n) is 7.29. The molecule has 0 bridgehead atoms. The molecule has 3 aromatic carbocycles. The van der Waals surface area contributed by atoms with Crippen molar-refractivity contribution in [1.29, 1.82) is 0 Å². The second-order valence-corrected chi connectivity index (χ2v) is 13.9. The predicted octanol–water partition coefficient (Wildman–Crippen LogP) is 7.98. The number of carbonyl (C=O) groups excluding carboxylic acids is 1. The van der Waals surface area contributed by atoms with Crippen LogP contribution < -0.4 is 5.32 Å². The normalized spacial score (nSPS) is 16.6. The van der Waals surface area contributed by atoms with Gasteiger partial charge in [-0.15, -0.1) is 0 Å². The molecular weight excluding hydrogens is 627 g/mol. The predicted molar refractivity (Wildman–Crippen MR) is 192 cm³/mol. The number of benzene rings is 3. The summed E-state index contributed by atoms with van der Waals surface area (Å²) in [6.45, 7) is 7.53. The first-order valence-corrected chi connectivity index (χ1v) is 17.7. The molecule has 2 aliphatic rings. The van der Waals surface area contributed by atoms with E-state index in [4.69, 9.17) is 28.2 Å². The Kier molecular flexibility index (Phi) is 9.96. The van der Waals surface area contributed by atoms with Gasteiger partial charge in [0.1, 0.15) is 5.69 Å². The molecule has 1 saturated heterocycles. The van der Waals surface area contributed by atoms with Crippen LogP contribution in [0.4, 0.5) is 0 Å². The Morgan fingerprint density at radius 2 is 1.60 bits per heavy atom. The van der Waals surface area contributed by atoms with E-state index >= 15 is 0 Å². The van der Waals surface area contributed by atoms with E-state index in [0.29, 0.717) is 28.8 Å². The summed E-state index contributed by atoms with van der Waals surface area (Å²) in [5, 5.41) is 5.46. The Labute approximate surface area is 286 Å². The molecule has 1 saturated carbocycles. The van der Waals surface area contributed by atoms with Gasteiger partial charge in [0.05, 0.1) is 17.7 Å². The third-order valence-electron chi connectivity index (χ3n) is 9.80. The molecule has 2 N–H and O–H groups in total. The van der Waals surface area contributed by atoms with Crippen LogP contribution in [0.25, 0.3) is 33.4 Å². The van der Waals surface area contributed by atoms with Gasteiger partial charge in [-0.25, -0.2) is 4.98 Å². The zero-order chi connectivity index (χ0) is 32.2. The van der Waals surface area contributed by atoms with E-state index in [0.717, 1.165) is 77.6 Å². The molecule has 9 heteroatoms. The van der Waals surface area contributed by atoms with E-state index < -0.39 is 0 Å². The second-order valence-electron chi connectivity index (χ2n) is 13.0. The van der Waals surface area contributed by atoms with E-state index in [1.54, 1.807) is 0 Å². The number of hydrogen-bond donors (Lipinski definition) is 2. The van der Waals surface area contributed by atoms with Gasteiger partial charge >= 0.3 is 0 Å². The molecule has 2 aromatic heterocycles. The summed E-state index contributed by atoms with van der Waals surface area (Å²) in [6.07, 6.45) is 8.84. The second kappa shape index (κ2) is 14.7. The fourth-order valence-corrected chi connectivity index (χ4v) is 7.59. The smallest absolute Gasteiger partial charge is 0.268 e. The third-order valence-corrected chi connectivity index (χ3v) is 10.3. The van der Waals surface area contributed by atoms with Gasteiger partial charge in [-0.2, -0.15) is 0 Å². The summed E-state index contributed by atoms with van der Waals surface area (Å²) in [7, 11) is 0. The molecule has 7 nitrogen and oxygen atoms in total. The number of rotatable bonds is 10.